The molecule has 4 nitrogen and oxygen atoms in total. The van der Waals surface area contributed by atoms with E-state index in [4.69, 9.17) is 5.73 Å². The Morgan fingerprint density at radius 2 is 1.83 bits per heavy atom. The number of amides is 1. The molecule has 2 N–H and O–H groups in total. The molecule has 1 amide bonds. The monoisotopic (exact) mass is 317 g/mol. The van der Waals surface area contributed by atoms with Crippen LogP contribution in [0.5, 0.6) is 0 Å². The smallest absolute Gasteiger partial charge is 0.236 e. The molecule has 0 atom stereocenters. The van der Waals surface area contributed by atoms with Crippen LogP contribution in [0.4, 0.5) is 0 Å². The van der Waals surface area contributed by atoms with Gasteiger partial charge in [-0.25, -0.2) is 0 Å². The Bertz CT molecular complexity index is 457. The van der Waals surface area contributed by atoms with Crippen molar-refractivity contribution in [1.82, 2.24) is 9.80 Å². The minimum atomic E-state index is 0.235. The summed E-state index contributed by atoms with van der Waals surface area (Å²) in [4.78, 5) is 16.7. The van der Waals surface area contributed by atoms with Gasteiger partial charge in [-0.15, -0.1) is 0 Å². The third kappa shape index (κ3) is 5.96. The van der Waals surface area contributed by atoms with Gasteiger partial charge in [0.1, 0.15) is 0 Å². The Hall–Kier alpha value is -1.39. The Labute approximate surface area is 140 Å². The Morgan fingerprint density at radius 3 is 2.48 bits per heavy atom. The summed E-state index contributed by atoms with van der Waals surface area (Å²) >= 11 is 0. The summed E-state index contributed by atoms with van der Waals surface area (Å²) in [5.74, 6) is 0.235. The molecule has 2 rings (SSSR count). The first-order chi connectivity index (χ1) is 11.2. The van der Waals surface area contributed by atoms with Crippen LogP contribution in [0.25, 0.3) is 0 Å². The van der Waals surface area contributed by atoms with Crippen LogP contribution < -0.4 is 5.73 Å². The van der Waals surface area contributed by atoms with Crippen molar-refractivity contribution < 1.29 is 4.79 Å². The fourth-order valence-corrected chi connectivity index (χ4v) is 3.36. The second-order valence-electron chi connectivity index (χ2n) is 6.60. The fourth-order valence-electron chi connectivity index (χ4n) is 3.36. The maximum atomic E-state index is 12.6. The Balaban J connectivity index is 1.83. The van der Waals surface area contributed by atoms with Gasteiger partial charge < -0.3 is 10.6 Å². The molecule has 23 heavy (non-hydrogen) atoms. The Kier molecular flexibility index (Phi) is 7.56. The molecular weight excluding hydrogens is 286 g/mol. The van der Waals surface area contributed by atoms with Crippen LogP contribution in [-0.2, 0) is 11.2 Å². The van der Waals surface area contributed by atoms with Crippen molar-refractivity contribution in [2.24, 2.45) is 5.73 Å². The standard InChI is InChI=1S/C19H31N3O/c1-21(18-10-6-3-7-11-18)19(23)16-22(15-13-20)14-12-17-8-4-2-5-9-17/h2,4-5,8-9,18H,3,6-7,10-16,20H2,1H3. The fraction of sp³-hybridized carbons (Fsp3) is 0.632. The number of nitrogens with zero attached hydrogens (tertiary/aromatic N) is 2. The highest BCUT2D eigenvalue weighted by molar-refractivity contribution is 5.78. The summed E-state index contributed by atoms with van der Waals surface area (Å²) in [6, 6.07) is 10.9. The molecule has 1 aromatic carbocycles. The van der Waals surface area contributed by atoms with E-state index < -0.39 is 0 Å². The molecule has 0 unspecified atom stereocenters. The summed E-state index contributed by atoms with van der Waals surface area (Å²) in [6.45, 7) is 2.73. The highest BCUT2D eigenvalue weighted by Crippen LogP contribution is 2.21. The van der Waals surface area contributed by atoms with Gasteiger partial charge in [-0.3, -0.25) is 9.69 Å². The number of likely N-dealkylation sites (N-methyl/N-ethyl adjacent to an activating group) is 1. The van der Waals surface area contributed by atoms with Gasteiger partial charge in [0, 0.05) is 32.7 Å². The highest BCUT2D eigenvalue weighted by atomic mass is 16.2. The number of carbonyl (C=O) groups is 1. The topological polar surface area (TPSA) is 49.6 Å². The second kappa shape index (κ2) is 9.68. The van der Waals surface area contributed by atoms with Gasteiger partial charge in [0.15, 0.2) is 0 Å². The van der Waals surface area contributed by atoms with Crippen molar-refractivity contribution in [3.63, 3.8) is 0 Å². The lowest BCUT2D eigenvalue weighted by atomic mass is 9.94. The summed E-state index contributed by atoms with van der Waals surface area (Å²) in [5, 5.41) is 0. The summed E-state index contributed by atoms with van der Waals surface area (Å²) in [5.41, 5.74) is 7.03. The van der Waals surface area contributed by atoms with E-state index in [2.05, 4.69) is 29.2 Å². The lowest BCUT2D eigenvalue weighted by molar-refractivity contribution is -0.133. The maximum Gasteiger partial charge on any atom is 0.236 e. The SMILES string of the molecule is CN(C(=O)CN(CCN)CCc1ccccc1)C1CCCCC1. The average Bonchev–Trinajstić information content (AvgIpc) is 2.61. The molecule has 1 fully saturated rings. The number of hydrogen-bond acceptors (Lipinski definition) is 3. The van der Waals surface area contributed by atoms with E-state index in [-0.39, 0.29) is 5.91 Å². The van der Waals surface area contributed by atoms with Gasteiger partial charge in [0.2, 0.25) is 5.91 Å². The molecular formula is C19H31N3O. The van der Waals surface area contributed by atoms with Crippen molar-refractivity contribution in [3.8, 4) is 0 Å². The van der Waals surface area contributed by atoms with Gasteiger partial charge >= 0.3 is 0 Å². The Morgan fingerprint density at radius 1 is 1.13 bits per heavy atom. The molecule has 1 aliphatic carbocycles. The molecule has 0 spiro atoms. The molecule has 0 bridgehead atoms. The molecule has 0 saturated heterocycles. The van der Waals surface area contributed by atoms with Crippen LogP contribution in [0.3, 0.4) is 0 Å². The molecule has 0 aromatic heterocycles. The van der Waals surface area contributed by atoms with Crippen LogP contribution in [0, 0.1) is 0 Å². The lowest BCUT2D eigenvalue weighted by Crippen LogP contribution is -2.45. The highest BCUT2D eigenvalue weighted by Gasteiger charge is 2.23. The van der Waals surface area contributed by atoms with Crippen LogP contribution in [0.2, 0.25) is 0 Å². The largest absolute Gasteiger partial charge is 0.342 e. The molecule has 4 heteroatoms. The van der Waals surface area contributed by atoms with Crippen LogP contribution in [0.15, 0.2) is 30.3 Å². The minimum absolute atomic E-state index is 0.235. The summed E-state index contributed by atoms with van der Waals surface area (Å²) < 4.78 is 0. The van der Waals surface area contributed by atoms with E-state index >= 15 is 0 Å². The van der Waals surface area contributed by atoms with Crippen molar-refractivity contribution in [2.75, 3.05) is 33.2 Å². The quantitative estimate of drug-likeness (QED) is 0.800. The molecule has 1 aromatic rings. The summed E-state index contributed by atoms with van der Waals surface area (Å²) in [6.07, 6.45) is 7.09. The third-order valence-corrected chi connectivity index (χ3v) is 4.88. The van der Waals surface area contributed by atoms with E-state index in [1.165, 1.54) is 24.8 Å². The van der Waals surface area contributed by atoms with E-state index in [0.29, 0.717) is 19.1 Å². The third-order valence-electron chi connectivity index (χ3n) is 4.88. The van der Waals surface area contributed by atoms with Gasteiger partial charge in [-0.1, -0.05) is 49.6 Å². The van der Waals surface area contributed by atoms with Crippen LogP contribution in [0.1, 0.15) is 37.7 Å². The molecule has 128 valence electrons. The number of nitrogens with two attached hydrogens (primary N) is 1. The van der Waals surface area contributed by atoms with Gasteiger partial charge in [-0.2, -0.15) is 0 Å². The van der Waals surface area contributed by atoms with Crippen molar-refractivity contribution in [2.45, 2.75) is 44.6 Å². The van der Waals surface area contributed by atoms with E-state index in [1.807, 2.05) is 18.0 Å². The average molecular weight is 317 g/mol. The van der Waals surface area contributed by atoms with Gasteiger partial charge in [-0.05, 0) is 24.8 Å². The zero-order chi connectivity index (χ0) is 16.5. The van der Waals surface area contributed by atoms with E-state index in [9.17, 15) is 4.79 Å². The summed E-state index contributed by atoms with van der Waals surface area (Å²) in [7, 11) is 1.97. The molecule has 0 heterocycles. The van der Waals surface area contributed by atoms with E-state index in [0.717, 1.165) is 32.4 Å². The van der Waals surface area contributed by atoms with Gasteiger partial charge in [0.25, 0.3) is 0 Å². The van der Waals surface area contributed by atoms with Crippen molar-refractivity contribution >= 4 is 5.91 Å². The predicted octanol–water partition coefficient (Wildman–Crippen LogP) is 2.28. The van der Waals surface area contributed by atoms with Crippen LogP contribution >= 0.6 is 0 Å². The van der Waals surface area contributed by atoms with Crippen molar-refractivity contribution in [1.29, 1.82) is 0 Å². The molecule has 1 aliphatic rings. The van der Waals surface area contributed by atoms with Crippen molar-refractivity contribution in [3.05, 3.63) is 35.9 Å². The van der Waals surface area contributed by atoms with E-state index in [1.54, 1.807) is 0 Å². The zero-order valence-corrected chi connectivity index (χ0v) is 14.4. The zero-order valence-electron chi connectivity index (χ0n) is 14.4. The molecule has 1 saturated carbocycles. The number of benzene rings is 1. The lowest BCUT2D eigenvalue weighted by Gasteiger charge is -2.33. The number of carbonyl (C=O) groups excluding carboxylic acids is 1. The van der Waals surface area contributed by atoms with Crippen LogP contribution in [-0.4, -0.2) is 55.0 Å². The first-order valence-corrected chi connectivity index (χ1v) is 8.92. The minimum Gasteiger partial charge on any atom is -0.342 e. The first kappa shape index (κ1) is 18.0. The second-order valence-corrected chi connectivity index (χ2v) is 6.60. The maximum absolute atomic E-state index is 12.6. The van der Waals surface area contributed by atoms with Gasteiger partial charge in [0.05, 0.1) is 6.54 Å². The predicted molar refractivity (Wildman–Crippen MR) is 95.3 cm³/mol. The first-order valence-electron chi connectivity index (χ1n) is 8.92. The number of hydrogen-bond donors (Lipinski definition) is 1. The normalized spacial score (nSPS) is 15.8. The number of rotatable bonds is 8. The molecule has 0 aliphatic heterocycles. The molecule has 0 radical (unpaired) electrons.